The average molecular weight is 392 g/mol. The first kappa shape index (κ1) is 16.3. The van der Waals surface area contributed by atoms with Crippen molar-refractivity contribution in [3.63, 3.8) is 0 Å². The van der Waals surface area contributed by atoms with Crippen LogP contribution >= 0.6 is 27.7 Å². The van der Waals surface area contributed by atoms with Gasteiger partial charge in [0.2, 0.25) is 0 Å². The SMILES string of the molecule is Cc1occc1-c1nnc(SCc2ccc(Br)cc2)n1C(C)C. The second-order valence-electron chi connectivity index (χ2n) is 5.58. The highest BCUT2D eigenvalue weighted by atomic mass is 79.9. The summed E-state index contributed by atoms with van der Waals surface area (Å²) in [7, 11) is 0. The fourth-order valence-electron chi connectivity index (χ4n) is 2.37. The van der Waals surface area contributed by atoms with Gasteiger partial charge in [-0.3, -0.25) is 4.57 Å². The number of furan rings is 1. The topological polar surface area (TPSA) is 43.9 Å². The average Bonchev–Trinajstić information content (AvgIpc) is 3.12. The van der Waals surface area contributed by atoms with Crippen LogP contribution < -0.4 is 0 Å². The van der Waals surface area contributed by atoms with Gasteiger partial charge in [0, 0.05) is 16.3 Å². The van der Waals surface area contributed by atoms with E-state index in [2.05, 4.69) is 68.8 Å². The maximum atomic E-state index is 5.41. The molecule has 0 spiro atoms. The Morgan fingerprint density at radius 2 is 1.91 bits per heavy atom. The Hall–Kier alpha value is -1.53. The van der Waals surface area contributed by atoms with Gasteiger partial charge in [-0.15, -0.1) is 10.2 Å². The van der Waals surface area contributed by atoms with E-state index in [0.29, 0.717) is 0 Å². The van der Waals surface area contributed by atoms with E-state index in [1.807, 2.05) is 13.0 Å². The standard InChI is InChI=1S/C17H18BrN3OS/c1-11(2)21-16(15-8-9-22-12(15)3)19-20-17(21)23-10-13-4-6-14(18)7-5-13/h4-9,11H,10H2,1-3H3. The minimum absolute atomic E-state index is 0.279. The van der Waals surface area contributed by atoms with Crippen molar-refractivity contribution in [2.24, 2.45) is 0 Å². The molecule has 0 saturated heterocycles. The molecule has 0 N–H and O–H groups in total. The lowest BCUT2D eigenvalue weighted by atomic mass is 10.2. The molecule has 0 amide bonds. The third-order valence-corrected chi connectivity index (χ3v) is 5.10. The van der Waals surface area contributed by atoms with E-state index in [1.165, 1.54) is 5.56 Å². The number of aromatic nitrogens is 3. The van der Waals surface area contributed by atoms with Crippen molar-refractivity contribution in [2.75, 3.05) is 0 Å². The molecule has 0 saturated carbocycles. The van der Waals surface area contributed by atoms with Crippen molar-refractivity contribution in [3.8, 4) is 11.4 Å². The number of nitrogens with zero attached hydrogens (tertiary/aromatic N) is 3. The van der Waals surface area contributed by atoms with Gasteiger partial charge in [0.05, 0.1) is 11.8 Å². The van der Waals surface area contributed by atoms with Crippen LogP contribution in [-0.2, 0) is 5.75 Å². The predicted octanol–water partition coefficient (Wildman–Crippen LogP) is 5.48. The lowest BCUT2D eigenvalue weighted by Crippen LogP contribution is -2.05. The van der Waals surface area contributed by atoms with Crippen LogP contribution in [0.2, 0.25) is 0 Å². The predicted molar refractivity (Wildman–Crippen MR) is 96.5 cm³/mol. The summed E-state index contributed by atoms with van der Waals surface area (Å²) in [6.45, 7) is 6.24. The number of benzene rings is 1. The van der Waals surface area contributed by atoms with Crippen LogP contribution in [0.3, 0.4) is 0 Å². The van der Waals surface area contributed by atoms with Gasteiger partial charge in [-0.1, -0.05) is 39.8 Å². The molecule has 6 heteroatoms. The van der Waals surface area contributed by atoms with Crippen molar-refractivity contribution < 1.29 is 4.42 Å². The molecule has 0 aliphatic heterocycles. The maximum absolute atomic E-state index is 5.41. The summed E-state index contributed by atoms with van der Waals surface area (Å²) in [5, 5.41) is 9.71. The summed E-state index contributed by atoms with van der Waals surface area (Å²) in [5.74, 6) is 2.59. The summed E-state index contributed by atoms with van der Waals surface area (Å²) < 4.78 is 8.67. The first-order valence-electron chi connectivity index (χ1n) is 7.43. The fourth-order valence-corrected chi connectivity index (χ4v) is 3.66. The molecule has 23 heavy (non-hydrogen) atoms. The molecule has 0 fully saturated rings. The van der Waals surface area contributed by atoms with Crippen molar-refractivity contribution in [1.29, 1.82) is 0 Å². The lowest BCUT2D eigenvalue weighted by molar-refractivity contribution is 0.531. The second kappa shape index (κ2) is 6.93. The zero-order chi connectivity index (χ0) is 16.4. The van der Waals surface area contributed by atoms with Gasteiger partial charge in [0.1, 0.15) is 5.76 Å². The van der Waals surface area contributed by atoms with Gasteiger partial charge in [0.25, 0.3) is 0 Å². The van der Waals surface area contributed by atoms with Crippen molar-refractivity contribution in [1.82, 2.24) is 14.8 Å². The molecular weight excluding hydrogens is 374 g/mol. The molecule has 3 rings (SSSR count). The molecule has 0 bridgehead atoms. The normalized spacial score (nSPS) is 11.3. The van der Waals surface area contributed by atoms with Gasteiger partial charge in [-0.2, -0.15) is 0 Å². The van der Waals surface area contributed by atoms with Crippen molar-refractivity contribution in [3.05, 3.63) is 52.4 Å². The Labute approximate surface area is 148 Å². The van der Waals surface area contributed by atoms with Gasteiger partial charge >= 0.3 is 0 Å². The van der Waals surface area contributed by atoms with E-state index >= 15 is 0 Å². The Bertz CT molecular complexity index is 793. The van der Waals surface area contributed by atoms with Crippen LogP contribution in [0.15, 0.2) is 50.6 Å². The summed E-state index contributed by atoms with van der Waals surface area (Å²) in [6, 6.07) is 10.6. The summed E-state index contributed by atoms with van der Waals surface area (Å²) in [6.07, 6.45) is 1.69. The summed E-state index contributed by atoms with van der Waals surface area (Å²) >= 11 is 5.16. The maximum Gasteiger partial charge on any atom is 0.192 e. The highest BCUT2D eigenvalue weighted by Crippen LogP contribution is 2.31. The molecule has 3 aromatic rings. The minimum Gasteiger partial charge on any atom is -0.469 e. The monoisotopic (exact) mass is 391 g/mol. The number of hydrogen-bond acceptors (Lipinski definition) is 4. The van der Waals surface area contributed by atoms with Crippen LogP contribution in [0.5, 0.6) is 0 Å². The number of hydrogen-bond donors (Lipinski definition) is 0. The highest BCUT2D eigenvalue weighted by Gasteiger charge is 2.19. The quantitative estimate of drug-likeness (QED) is 0.539. The summed E-state index contributed by atoms with van der Waals surface area (Å²) in [5.41, 5.74) is 2.26. The van der Waals surface area contributed by atoms with E-state index in [1.54, 1.807) is 18.0 Å². The molecular formula is C17H18BrN3OS. The Morgan fingerprint density at radius 1 is 1.17 bits per heavy atom. The highest BCUT2D eigenvalue weighted by molar-refractivity contribution is 9.10. The Morgan fingerprint density at radius 3 is 2.52 bits per heavy atom. The lowest BCUT2D eigenvalue weighted by Gasteiger charge is -2.13. The van der Waals surface area contributed by atoms with Crippen molar-refractivity contribution in [2.45, 2.75) is 37.7 Å². The zero-order valence-corrected chi connectivity index (χ0v) is 15.7. The van der Waals surface area contributed by atoms with E-state index < -0.39 is 0 Å². The largest absolute Gasteiger partial charge is 0.469 e. The smallest absolute Gasteiger partial charge is 0.192 e. The van der Waals surface area contributed by atoms with Gasteiger partial charge in [-0.25, -0.2) is 0 Å². The molecule has 0 aliphatic carbocycles. The van der Waals surface area contributed by atoms with E-state index in [9.17, 15) is 0 Å². The molecule has 120 valence electrons. The zero-order valence-electron chi connectivity index (χ0n) is 13.3. The first-order chi connectivity index (χ1) is 11.1. The number of aryl methyl sites for hydroxylation is 1. The molecule has 0 radical (unpaired) electrons. The molecule has 0 aliphatic rings. The summed E-state index contributed by atoms with van der Waals surface area (Å²) in [4.78, 5) is 0. The van der Waals surface area contributed by atoms with Crippen molar-refractivity contribution >= 4 is 27.7 Å². The van der Waals surface area contributed by atoms with Gasteiger partial charge in [0.15, 0.2) is 11.0 Å². The molecule has 4 nitrogen and oxygen atoms in total. The second-order valence-corrected chi connectivity index (χ2v) is 7.43. The third kappa shape index (κ3) is 3.53. The van der Waals surface area contributed by atoms with Gasteiger partial charge in [-0.05, 0) is 44.5 Å². The molecule has 2 heterocycles. The minimum atomic E-state index is 0.279. The number of rotatable bonds is 5. The first-order valence-corrected chi connectivity index (χ1v) is 9.20. The fraction of sp³-hybridized carbons (Fsp3) is 0.294. The van der Waals surface area contributed by atoms with Crippen LogP contribution in [0.25, 0.3) is 11.4 Å². The molecule has 2 aromatic heterocycles. The number of halogens is 1. The molecule has 0 atom stereocenters. The Kier molecular flexibility index (Phi) is 4.92. The van der Waals surface area contributed by atoms with E-state index in [-0.39, 0.29) is 6.04 Å². The van der Waals surface area contributed by atoms with Crippen LogP contribution in [0.1, 0.15) is 31.2 Å². The molecule has 0 unspecified atom stereocenters. The Balaban J connectivity index is 1.86. The molecule has 1 aromatic carbocycles. The van der Waals surface area contributed by atoms with E-state index in [4.69, 9.17) is 4.42 Å². The van der Waals surface area contributed by atoms with Crippen LogP contribution in [-0.4, -0.2) is 14.8 Å². The van der Waals surface area contributed by atoms with Crippen LogP contribution in [0.4, 0.5) is 0 Å². The van der Waals surface area contributed by atoms with Crippen LogP contribution in [0, 0.1) is 6.92 Å². The number of thioether (sulfide) groups is 1. The van der Waals surface area contributed by atoms with E-state index in [0.717, 1.165) is 32.5 Å². The van der Waals surface area contributed by atoms with Gasteiger partial charge < -0.3 is 4.42 Å². The third-order valence-electron chi connectivity index (χ3n) is 3.56.